The van der Waals surface area contributed by atoms with E-state index in [0.29, 0.717) is 5.56 Å². The Labute approximate surface area is 107 Å². The van der Waals surface area contributed by atoms with Gasteiger partial charge < -0.3 is 0 Å². The maximum Gasteiger partial charge on any atom is 0.150 e. The van der Waals surface area contributed by atoms with Crippen LogP contribution in [0.15, 0.2) is 63.2 Å². The molecule has 0 N–H and O–H groups in total. The summed E-state index contributed by atoms with van der Waals surface area (Å²) in [5.41, 5.74) is 2.13. The Morgan fingerprint density at radius 2 is 1.65 bits per heavy atom. The van der Waals surface area contributed by atoms with Crippen LogP contribution in [0.4, 0.5) is 11.4 Å². The van der Waals surface area contributed by atoms with Crippen molar-refractivity contribution in [2.24, 2.45) is 10.2 Å². The largest absolute Gasteiger partial charge is 0.298 e. The molecule has 0 aliphatic heterocycles. The summed E-state index contributed by atoms with van der Waals surface area (Å²) in [5, 5.41) is 8.18. The van der Waals surface area contributed by atoms with E-state index < -0.39 is 0 Å². The van der Waals surface area contributed by atoms with E-state index in [2.05, 4.69) is 26.2 Å². The second-order valence-electron chi connectivity index (χ2n) is 3.39. The molecule has 4 heteroatoms. The number of hydrogen-bond acceptors (Lipinski definition) is 3. The minimum absolute atomic E-state index is 0.631. The molecule has 0 radical (unpaired) electrons. The summed E-state index contributed by atoms with van der Waals surface area (Å²) >= 11 is 3.37. The summed E-state index contributed by atoms with van der Waals surface area (Å²) in [5.74, 6) is 0. The van der Waals surface area contributed by atoms with Gasteiger partial charge in [-0.05, 0) is 42.5 Å². The number of carbonyl (C=O) groups excluding carboxylic acids is 1. The lowest BCUT2D eigenvalue weighted by Crippen LogP contribution is -1.75. The Bertz CT molecular complexity index is 550. The van der Waals surface area contributed by atoms with Crippen molar-refractivity contribution in [1.82, 2.24) is 0 Å². The van der Waals surface area contributed by atoms with Crippen LogP contribution in [0.1, 0.15) is 10.4 Å². The average molecular weight is 289 g/mol. The third-order valence-electron chi connectivity index (χ3n) is 2.12. The maximum absolute atomic E-state index is 10.5. The van der Waals surface area contributed by atoms with Gasteiger partial charge in [0.1, 0.15) is 6.29 Å². The lowest BCUT2D eigenvalue weighted by molar-refractivity contribution is 0.112. The van der Waals surface area contributed by atoms with Crippen LogP contribution in [-0.2, 0) is 0 Å². The fraction of sp³-hybridized carbons (Fsp3) is 0. The highest BCUT2D eigenvalue weighted by Gasteiger charge is 1.93. The van der Waals surface area contributed by atoms with Gasteiger partial charge in [-0.25, -0.2) is 0 Å². The Hall–Kier alpha value is -1.81. The molecule has 0 saturated heterocycles. The van der Waals surface area contributed by atoms with E-state index in [4.69, 9.17) is 0 Å². The first-order valence-electron chi connectivity index (χ1n) is 5.00. The molecule has 3 nitrogen and oxygen atoms in total. The van der Waals surface area contributed by atoms with Crippen molar-refractivity contribution in [2.45, 2.75) is 0 Å². The lowest BCUT2D eigenvalue weighted by atomic mass is 10.2. The van der Waals surface area contributed by atoms with Crippen molar-refractivity contribution < 1.29 is 4.79 Å². The molecule has 0 heterocycles. The molecular formula is C13H9BrN2O. The molecule has 0 fully saturated rings. The van der Waals surface area contributed by atoms with E-state index in [1.54, 1.807) is 24.3 Å². The zero-order chi connectivity index (χ0) is 12.1. The van der Waals surface area contributed by atoms with Crippen molar-refractivity contribution in [1.29, 1.82) is 0 Å². The smallest absolute Gasteiger partial charge is 0.150 e. The molecule has 2 rings (SSSR count). The predicted octanol–water partition coefficient (Wildman–Crippen LogP) is 4.68. The number of aldehydes is 1. The molecule has 0 unspecified atom stereocenters. The van der Waals surface area contributed by atoms with Gasteiger partial charge in [0.25, 0.3) is 0 Å². The summed E-state index contributed by atoms with van der Waals surface area (Å²) in [4.78, 5) is 10.5. The topological polar surface area (TPSA) is 41.8 Å². The number of hydrogen-bond donors (Lipinski definition) is 0. The zero-order valence-corrected chi connectivity index (χ0v) is 10.5. The molecular weight excluding hydrogens is 280 g/mol. The lowest BCUT2D eigenvalue weighted by Gasteiger charge is -1.94. The molecule has 0 aliphatic rings. The second-order valence-corrected chi connectivity index (χ2v) is 4.30. The molecule has 0 atom stereocenters. The Morgan fingerprint density at radius 1 is 0.941 bits per heavy atom. The minimum Gasteiger partial charge on any atom is -0.298 e. The van der Waals surface area contributed by atoms with Crippen molar-refractivity contribution in [3.63, 3.8) is 0 Å². The quantitative estimate of drug-likeness (QED) is 0.597. The molecule has 17 heavy (non-hydrogen) atoms. The molecule has 0 saturated carbocycles. The highest BCUT2D eigenvalue weighted by Crippen LogP contribution is 2.21. The highest BCUT2D eigenvalue weighted by atomic mass is 79.9. The van der Waals surface area contributed by atoms with E-state index >= 15 is 0 Å². The molecule has 0 aromatic heterocycles. The van der Waals surface area contributed by atoms with Crippen LogP contribution in [0.25, 0.3) is 0 Å². The number of azo groups is 1. The maximum atomic E-state index is 10.5. The Morgan fingerprint density at radius 3 is 2.29 bits per heavy atom. The second kappa shape index (κ2) is 5.50. The summed E-state index contributed by atoms with van der Waals surface area (Å²) in [7, 11) is 0. The van der Waals surface area contributed by atoms with Gasteiger partial charge in [0.15, 0.2) is 0 Å². The van der Waals surface area contributed by atoms with Gasteiger partial charge in [-0.2, -0.15) is 10.2 Å². The average Bonchev–Trinajstić information content (AvgIpc) is 2.37. The van der Waals surface area contributed by atoms with Gasteiger partial charge in [0.2, 0.25) is 0 Å². The highest BCUT2D eigenvalue weighted by molar-refractivity contribution is 9.10. The fourth-order valence-corrected chi connectivity index (χ4v) is 1.66. The zero-order valence-electron chi connectivity index (χ0n) is 8.88. The summed E-state index contributed by atoms with van der Waals surface area (Å²) < 4.78 is 0.963. The van der Waals surface area contributed by atoms with Crippen molar-refractivity contribution >= 4 is 33.6 Å². The number of benzene rings is 2. The normalized spacial score (nSPS) is 10.6. The SMILES string of the molecule is O=Cc1ccc(N=Nc2cccc(Br)c2)cc1. The Balaban J connectivity index is 2.17. The Kier molecular flexibility index (Phi) is 3.77. The van der Waals surface area contributed by atoms with E-state index in [-0.39, 0.29) is 0 Å². The number of carbonyl (C=O) groups is 1. The van der Waals surface area contributed by atoms with Crippen molar-refractivity contribution in [2.75, 3.05) is 0 Å². The first kappa shape index (κ1) is 11.7. The van der Waals surface area contributed by atoms with Gasteiger partial charge >= 0.3 is 0 Å². The monoisotopic (exact) mass is 288 g/mol. The molecule has 0 bridgehead atoms. The van der Waals surface area contributed by atoms with Crippen molar-refractivity contribution in [3.05, 3.63) is 58.6 Å². The summed E-state index contributed by atoms with van der Waals surface area (Å²) in [6.07, 6.45) is 0.801. The fourth-order valence-electron chi connectivity index (χ4n) is 1.27. The van der Waals surface area contributed by atoms with E-state index in [9.17, 15) is 4.79 Å². The summed E-state index contributed by atoms with van der Waals surface area (Å²) in [6.45, 7) is 0. The van der Waals surface area contributed by atoms with Gasteiger partial charge in [0, 0.05) is 10.0 Å². The molecule has 0 spiro atoms. The van der Waals surface area contributed by atoms with Crippen LogP contribution in [-0.4, -0.2) is 6.29 Å². The summed E-state index contributed by atoms with van der Waals surface area (Å²) in [6, 6.07) is 14.5. The van der Waals surface area contributed by atoms with Crippen LogP contribution >= 0.6 is 15.9 Å². The van der Waals surface area contributed by atoms with Crippen LogP contribution in [0, 0.1) is 0 Å². The predicted molar refractivity (Wildman–Crippen MR) is 70.1 cm³/mol. The van der Waals surface area contributed by atoms with Crippen LogP contribution in [0.3, 0.4) is 0 Å². The molecule has 0 aliphatic carbocycles. The van der Waals surface area contributed by atoms with Gasteiger partial charge in [0.05, 0.1) is 11.4 Å². The minimum atomic E-state index is 0.631. The number of rotatable bonds is 3. The van der Waals surface area contributed by atoms with E-state index in [0.717, 1.165) is 22.1 Å². The van der Waals surface area contributed by atoms with E-state index in [1.807, 2.05) is 24.3 Å². The number of halogens is 1. The van der Waals surface area contributed by atoms with Gasteiger partial charge in [-0.3, -0.25) is 4.79 Å². The molecule has 2 aromatic rings. The van der Waals surface area contributed by atoms with Crippen LogP contribution in [0.2, 0.25) is 0 Å². The standard InChI is InChI=1S/C13H9BrN2O/c14-11-2-1-3-13(8-11)16-15-12-6-4-10(9-17)5-7-12/h1-9H. The molecule has 84 valence electrons. The third kappa shape index (κ3) is 3.32. The van der Waals surface area contributed by atoms with Gasteiger partial charge in [-0.1, -0.05) is 22.0 Å². The van der Waals surface area contributed by atoms with Crippen LogP contribution < -0.4 is 0 Å². The molecule has 2 aromatic carbocycles. The third-order valence-corrected chi connectivity index (χ3v) is 2.61. The van der Waals surface area contributed by atoms with Crippen molar-refractivity contribution in [3.8, 4) is 0 Å². The first-order chi connectivity index (χ1) is 8.28. The number of nitrogens with zero attached hydrogens (tertiary/aromatic N) is 2. The van der Waals surface area contributed by atoms with Gasteiger partial charge in [-0.15, -0.1) is 0 Å². The first-order valence-corrected chi connectivity index (χ1v) is 5.80. The van der Waals surface area contributed by atoms with Crippen LogP contribution in [0.5, 0.6) is 0 Å². The molecule has 0 amide bonds. The van der Waals surface area contributed by atoms with E-state index in [1.165, 1.54) is 0 Å².